The Kier molecular flexibility index (Phi) is 7.30. The predicted octanol–water partition coefficient (Wildman–Crippen LogP) is 0.442. The lowest BCUT2D eigenvalue weighted by Gasteiger charge is -2.20. The average molecular weight is 318 g/mol. The van der Waals surface area contributed by atoms with Crippen molar-refractivity contribution in [2.75, 3.05) is 27.3 Å². The van der Waals surface area contributed by atoms with Gasteiger partial charge in [-0.15, -0.1) is 0 Å². The van der Waals surface area contributed by atoms with Crippen LogP contribution >= 0.6 is 0 Å². The number of aromatic nitrogens is 2. The van der Waals surface area contributed by atoms with Gasteiger partial charge >= 0.3 is 0 Å². The maximum absolute atomic E-state index is 12.3. The molecule has 0 aromatic carbocycles. The lowest BCUT2D eigenvalue weighted by atomic mass is 10.1. The maximum atomic E-state index is 12.3. The van der Waals surface area contributed by atoms with Gasteiger partial charge in [0.25, 0.3) is 0 Å². The van der Waals surface area contributed by atoms with Crippen LogP contribution in [0.3, 0.4) is 0 Å². The summed E-state index contributed by atoms with van der Waals surface area (Å²) in [4.78, 5) is 0.189. The molecule has 2 N–H and O–H groups in total. The third-order valence-corrected chi connectivity index (χ3v) is 4.64. The Hall–Kier alpha value is -0.960. The number of nitrogens with zero attached hydrogens (tertiary/aromatic N) is 2. The number of aryl methyl sites for hydroxylation is 1. The van der Waals surface area contributed by atoms with Crippen LogP contribution < -0.4 is 10.0 Å². The molecule has 1 unspecified atom stereocenters. The second kappa shape index (κ2) is 8.47. The number of hydrogen-bond donors (Lipinski definition) is 2. The Morgan fingerprint density at radius 3 is 2.71 bits per heavy atom. The van der Waals surface area contributed by atoms with Gasteiger partial charge in [0.15, 0.2) is 0 Å². The molecule has 0 bridgehead atoms. The van der Waals surface area contributed by atoms with Gasteiger partial charge in [-0.05, 0) is 25.9 Å². The van der Waals surface area contributed by atoms with Crippen molar-refractivity contribution in [3.63, 3.8) is 0 Å². The Morgan fingerprint density at radius 2 is 2.14 bits per heavy atom. The van der Waals surface area contributed by atoms with Crippen LogP contribution in [-0.2, 0) is 21.3 Å². The summed E-state index contributed by atoms with van der Waals surface area (Å²) in [5, 5.41) is 7.13. The zero-order valence-electron chi connectivity index (χ0n) is 13.2. The van der Waals surface area contributed by atoms with Gasteiger partial charge in [0.05, 0.1) is 12.8 Å². The molecule has 122 valence electrons. The maximum Gasteiger partial charge on any atom is 0.244 e. The summed E-state index contributed by atoms with van der Waals surface area (Å²) in [5.41, 5.74) is 0. The standard InChI is InChI=1S/C13H26N4O3S/c1-11(2)13(10-20-4)16-21(18,19)12-8-15-17(9-12)7-5-6-14-3/h8-9,11,13-14,16H,5-7,10H2,1-4H3. The van der Waals surface area contributed by atoms with E-state index in [0.29, 0.717) is 13.2 Å². The van der Waals surface area contributed by atoms with E-state index in [1.807, 2.05) is 20.9 Å². The SMILES string of the molecule is CNCCCn1cc(S(=O)(=O)NC(COC)C(C)C)cn1. The van der Waals surface area contributed by atoms with E-state index in [1.54, 1.807) is 18.0 Å². The molecule has 21 heavy (non-hydrogen) atoms. The predicted molar refractivity (Wildman–Crippen MR) is 81.6 cm³/mol. The Labute approximate surface area is 127 Å². The van der Waals surface area contributed by atoms with Gasteiger partial charge in [0.1, 0.15) is 4.90 Å². The molecule has 1 atom stereocenters. The van der Waals surface area contributed by atoms with Gasteiger partial charge in [-0.3, -0.25) is 4.68 Å². The summed E-state index contributed by atoms with van der Waals surface area (Å²) < 4.78 is 34.0. The molecular weight excluding hydrogens is 292 g/mol. The van der Waals surface area contributed by atoms with E-state index in [1.165, 1.54) is 6.20 Å². The Balaban J connectivity index is 2.73. The highest BCUT2D eigenvalue weighted by molar-refractivity contribution is 7.89. The van der Waals surface area contributed by atoms with E-state index in [2.05, 4.69) is 15.1 Å². The van der Waals surface area contributed by atoms with Gasteiger partial charge in [-0.1, -0.05) is 13.8 Å². The zero-order valence-corrected chi connectivity index (χ0v) is 14.0. The van der Waals surface area contributed by atoms with Gasteiger partial charge in [0.2, 0.25) is 10.0 Å². The lowest BCUT2D eigenvalue weighted by molar-refractivity contribution is 0.157. The molecule has 0 aliphatic heterocycles. The normalized spacial score (nSPS) is 13.8. The summed E-state index contributed by atoms with van der Waals surface area (Å²) in [7, 11) is -0.127. The zero-order chi connectivity index (χ0) is 15.9. The van der Waals surface area contributed by atoms with Crippen LogP contribution in [-0.4, -0.2) is 51.5 Å². The first-order valence-corrected chi connectivity index (χ1v) is 8.57. The fourth-order valence-corrected chi connectivity index (χ4v) is 3.15. The highest BCUT2D eigenvalue weighted by Gasteiger charge is 2.23. The van der Waals surface area contributed by atoms with Crippen molar-refractivity contribution in [3.8, 4) is 0 Å². The molecule has 0 aliphatic carbocycles. The first-order chi connectivity index (χ1) is 9.90. The first kappa shape index (κ1) is 18.1. The molecular formula is C13H26N4O3S. The first-order valence-electron chi connectivity index (χ1n) is 7.09. The monoisotopic (exact) mass is 318 g/mol. The van der Waals surface area contributed by atoms with E-state index in [9.17, 15) is 8.42 Å². The van der Waals surface area contributed by atoms with E-state index >= 15 is 0 Å². The molecule has 1 aromatic rings. The number of ether oxygens (including phenoxy) is 1. The largest absolute Gasteiger partial charge is 0.383 e. The Bertz CT molecular complexity index is 513. The smallest absolute Gasteiger partial charge is 0.244 e. The van der Waals surface area contributed by atoms with Gasteiger partial charge < -0.3 is 10.1 Å². The minimum absolute atomic E-state index is 0.144. The molecule has 0 aliphatic rings. The minimum Gasteiger partial charge on any atom is -0.383 e. The molecule has 0 spiro atoms. The average Bonchev–Trinajstić information content (AvgIpc) is 2.88. The summed E-state index contributed by atoms with van der Waals surface area (Å²) in [5.74, 6) is 0.144. The van der Waals surface area contributed by atoms with E-state index < -0.39 is 10.0 Å². The van der Waals surface area contributed by atoms with Crippen molar-refractivity contribution in [3.05, 3.63) is 12.4 Å². The van der Waals surface area contributed by atoms with Gasteiger partial charge in [-0.2, -0.15) is 5.10 Å². The van der Waals surface area contributed by atoms with Crippen molar-refractivity contribution >= 4 is 10.0 Å². The Morgan fingerprint density at radius 1 is 1.43 bits per heavy atom. The number of methoxy groups -OCH3 is 1. The topological polar surface area (TPSA) is 85.2 Å². The van der Waals surface area contributed by atoms with Crippen molar-refractivity contribution in [1.29, 1.82) is 0 Å². The lowest BCUT2D eigenvalue weighted by Crippen LogP contribution is -2.41. The van der Waals surface area contributed by atoms with Gasteiger partial charge in [0, 0.05) is 25.9 Å². The molecule has 1 rings (SSSR count). The highest BCUT2D eigenvalue weighted by Crippen LogP contribution is 2.11. The van der Waals surface area contributed by atoms with Crippen LogP contribution in [0, 0.1) is 5.92 Å². The minimum atomic E-state index is -3.57. The summed E-state index contributed by atoms with van der Waals surface area (Å²) in [6.45, 7) is 5.79. The fraction of sp³-hybridized carbons (Fsp3) is 0.769. The van der Waals surface area contributed by atoms with Gasteiger partial charge in [-0.25, -0.2) is 13.1 Å². The molecule has 0 radical (unpaired) electrons. The highest BCUT2D eigenvalue weighted by atomic mass is 32.2. The van der Waals surface area contributed by atoms with E-state index in [-0.39, 0.29) is 16.9 Å². The van der Waals surface area contributed by atoms with Crippen molar-refractivity contribution in [1.82, 2.24) is 19.8 Å². The summed E-state index contributed by atoms with van der Waals surface area (Å²) in [6, 6.07) is -0.257. The van der Waals surface area contributed by atoms with E-state index in [0.717, 1.165) is 13.0 Å². The molecule has 7 nitrogen and oxygen atoms in total. The van der Waals surface area contributed by atoms with Crippen LogP contribution in [0.4, 0.5) is 0 Å². The molecule has 1 heterocycles. The number of sulfonamides is 1. The van der Waals surface area contributed by atoms with Crippen LogP contribution in [0.1, 0.15) is 20.3 Å². The molecule has 1 aromatic heterocycles. The van der Waals surface area contributed by atoms with E-state index in [4.69, 9.17) is 4.74 Å². The quantitative estimate of drug-likeness (QED) is 0.612. The van der Waals surface area contributed by atoms with Crippen LogP contribution in [0.5, 0.6) is 0 Å². The fourth-order valence-electron chi connectivity index (χ4n) is 1.83. The number of hydrogen-bond acceptors (Lipinski definition) is 5. The molecule has 0 saturated heterocycles. The van der Waals surface area contributed by atoms with Crippen molar-refractivity contribution < 1.29 is 13.2 Å². The summed E-state index contributed by atoms with van der Waals surface area (Å²) >= 11 is 0. The van der Waals surface area contributed by atoms with Crippen molar-refractivity contribution in [2.24, 2.45) is 5.92 Å². The second-order valence-corrected chi connectivity index (χ2v) is 7.04. The molecule has 0 saturated carbocycles. The third kappa shape index (κ3) is 5.74. The third-order valence-electron chi connectivity index (χ3n) is 3.19. The summed E-state index contributed by atoms with van der Waals surface area (Å²) in [6.07, 6.45) is 3.83. The van der Waals surface area contributed by atoms with Crippen LogP contribution in [0.2, 0.25) is 0 Å². The number of rotatable bonds is 10. The second-order valence-electron chi connectivity index (χ2n) is 5.32. The molecule has 0 amide bonds. The molecule has 0 fully saturated rings. The van der Waals surface area contributed by atoms with Crippen molar-refractivity contribution in [2.45, 2.75) is 37.8 Å². The number of nitrogens with one attached hydrogen (secondary N) is 2. The molecule has 8 heteroatoms. The van der Waals surface area contributed by atoms with Crippen LogP contribution in [0.15, 0.2) is 17.3 Å². The van der Waals surface area contributed by atoms with Crippen LogP contribution in [0.25, 0.3) is 0 Å².